The van der Waals surface area contributed by atoms with Crippen molar-refractivity contribution in [2.75, 3.05) is 20.1 Å². The molecule has 1 heterocycles. The second-order valence-corrected chi connectivity index (χ2v) is 8.05. The third-order valence-electron chi connectivity index (χ3n) is 5.32. The summed E-state index contributed by atoms with van der Waals surface area (Å²) < 4.78 is 0. The highest BCUT2D eigenvalue weighted by Crippen LogP contribution is 2.42. The number of rotatable bonds is 3. The molecule has 1 fully saturated rings. The van der Waals surface area contributed by atoms with E-state index in [9.17, 15) is 4.79 Å². The predicted octanol–water partition coefficient (Wildman–Crippen LogP) is 3.77. The quantitative estimate of drug-likeness (QED) is 0.629. The molecule has 1 saturated carbocycles. The number of allylic oxidation sites excluding steroid dienone is 4. The number of likely N-dealkylation sites (N-methyl/N-ethyl adjacent to an activating group) is 1. The van der Waals surface area contributed by atoms with E-state index >= 15 is 0 Å². The fourth-order valence-corrected chi connectivity index (χ4v) is 4.29. The molecule has 1 amide bonds. The summed E-state index contributed by atoms with van der Waals surface area (Å²) in [4.78, 5) is 14.3. The zero-order valence-electron chi connectivity index (χ0n) is 14.2. The number of alkyl halides is 1. The van der Waals surface area contributed by atoms with Crippen LogP contribution in [0, 0.1) is 5.92 Å². The van der Waals surface area contributed by atoms with Gasteiger partial charge in [0.05, 0.1) is 4.87 Å². The topological polar surface area (TPSA) is 32.3 Å². The molecule has 1 aliphatic heterocycles. The van der Waals surface area contributed by atoms with E-state index in [0.717, 1.165) is 23.4 Å². The van der Waals surface area contributed by atoms with Gasteiger partial charge in [0.15, 0.2) is 0 Å². The van der Waals surface area contributed by atoms with Gasteiger partial charge in [-0.15, -0.1) is 11.6 Å². The minimum atomic E-state index is -0.593. The summed E-state index contributed by atoms with van der Waals surface area (Å²) in [5.74, 6) is 0.691. The molecule has 0 saturated heterocycles. The van der Waals surface area contributed by atoms with Crippen LogP contribution < -0.4 is 5.32 Å². The maximum atomic E-state index is 12.8. The van der Waals surface area contributed by atoms with Crippen molar-refractivity contribution in [1.29, 1.82) is 0 Å². The minimum absolute atomic E-state index is 0.0571. The van der Waals surface area contributed by atoms with E-state index in [1.165, 1.54) is 38.5 Å². The Morgan fingerprint density at radius 3 is 2.74 bits per heavy atom. The second-order valence-electron chi connectivity index (χ2n) is 7.26. The van der Waals surface area contributed by atoms with Crippen LogP contribution in [-0.4, -0.2) is 35.8 Å². The Morgan fingerprint density at radius 2 is 2.04 bits per heavy atom. The van der Waals surface area contributed by atoms with Crippen molar-refractivity contribution in [3.05, 3.63) is 35.1 Å². The smallest absolute Gasteiger partial charge is 0.249 e. The molecule has 126 valence electrons. The molecular weight excluding hydrogens is 308 g/mol. The van der Waals surface area contributed by atoms with Crippen molar-refractivity contribution in [2.45, 2.75) is 50.3 Å². The monoisotopic (exact) mass is 334 g/mol. The molecule has 1 atom stereocenters. The van der Waals surface area contributed by atoms with Crippen LogP contribution in [0.5, 0.6) is 0 Å². The van der Waals surface area contributed by atoms with Crippen LogP contribution in [0.1, 0.15) is 45.4 Å². The molecule has 0 aromatic rings. The van der Waals surface area contributed by atoms with Gasteiger partial charge in [0, 0.05) is 37.0 Å². The van der Waals surface area contributed by atoms with Gasteiger partial charge in [0.1, 0.15) is 0 Å². The average molecular weight is 335 g/mol. The lowest BCUT2D eigenvalue weighted by Gasteiger charge is -2.27. The van der Waals surface area contributed by atoms with Crippen molar-refractivity contribution in [3.8, 4) is 0 Å². The molecule has 0 bridgehead atoms. The minimum Gasteiger partial charge on any atom is -0.370 e. The first-order valence-electron chi connectivity index (χ1n) is 8.81. The first kappa shape index (κ1) is 16.6. The molecule has 0 aromatic carbocycles. The van der Waals surface area contributed by atoms with Crippen LogP contribution in [0.2, 0.25) is 0 Å². The molecule has 3 rings (SSSR count). The Hall–Kier alpha value is -1.22. The standard InChI is InChI=1S/C19H27ClN2O/c1-19(20)11-7-10-16-17(19)15(13-22(16)2)18(23)21-12-14-8-5-3-4-6-9-14/h7,10-11,14H,3-6,8-9,12-13H2,1-2H3,(H,21,23). The van der Waals surface area contributed by atoms with Crippen LogP contribution in [0.3, 0.4) is 0 Å². The van der Waals surface area contributed by atoms with Gasteiger partial charge in [0.2, 0.25) is 5.91 Å². The van der Waals surface area contributed by atoms with E-state index in [2.05, 4.69) is 10.2 Å². The third kappa shape index (κ3) is 3.50. The number of hydrogen-bond donors (Lipinski definition) is 1. The summed E-state index contributed by atoms with van der Waals surface area (Å²) in [5.41, 5.74) is 2.88. The van der Waals surface area contributed by atoms with Crippen LogP contribution in [0.25, 0.3) is 0 Å². The lowest BCUT2D eigenvalue weighted by Crippen LogP contribution is -2.33. The fraction of sp³-hybridized carbons (Fsp3) is 0.632. The maximum absolute atomic E-state index is 12.8. The zero-order valence-corrected chi connectivity index (χ0v) is 15.0. The normalized spacial score (nSPS) is 28.5. The summed E-state index contributed by atoms with van der Waals surface area (Å²) in [6.45, 7) is 3.40. The summed E-state index contributed by atoms with van der Waals surface area (Å²) in [6.07, 6.45) is 13.8. The Kier molecular flexibility index (Phi) is 4.86. The molecule has 2 aliphatic carbocycles. The van der Waals surface area contributed by atoms with E-state index in [0.29, 0.717) is 12.5 Å². The van der Waals surface area contributed by atoms with Crippen LogP contribution >= 0.6 is 11.6 Å². The number of nitrogens with one attached hydrogen (secondary N) is 1. The Balaban J connectivity index is 1.71. The molecular formula is C19H27ClN2O. The Morgan fingerprint density at radius 1 is 1.35 bits per heavy atom. The highest BCUT2D eigenvalue weighted by molar-refractivity contribution is 6.28. The van der Waals surface area contributed by atoms with Crippen LogP contribution in [0.15, 0.2) is 35.1 Å². The molecule has 0 aromatic heterocycles. The molecule has 1 N–H and O–H groups in total. The van der Waals surface area contributed by atoms with Crippen LogP contribution in [0.4, 0.5) is 0 Å². The van der Waals surface area contributed by atoms with Crippen molar-refractivity contribution in [1.82, 2.24) is 10.2 Å². The number of carbonyl (C=O) groups excluding carboxylic acids is 1. The third-order valence-corrected chi connectivity index (χ3v) is 5.63. The summed E-state index contributed by atoms with van der Waals surface area (Å²) in [5, 5.41) is 3.18. The van der Waals surface area contributed by atoms with Gasteiger partial charge in [-0.05, 0) is 31.8 Å². The molecule has 23 heavy (non-hydrogen) atoms. The van der Waals surface area contributed by atoms with E-state index in [4.69, 9.17) is 11.6 Å². The Labute approximate surface area is 144 Å². The van der Waals surface area contributed by atoms with Crippen molar-refractivity contribution < 1.29 is 4.79 Å². The number of carbonyl (C=O) groups is 1. The van der Waals surface area contributed by atoms with Gasteiger partial charge >= 0.3 is 0 Å². The number of nitrogens with zero attached hydrogens (tertiary/aromatic N) is 1. The molecule has 1 unspecified atom stereocenters. The molecule has 4 heteroatoms. The summed E-state index contributed by atoms with van der Waals surface area (Å²) in [6, 6.07) is 0. The zero-order chi connectivity index (χ0) is 16.4. The van der Waals surface area contributed by atoms with Crippen molar-refractivity contribution in [3.63, 3.8) is 0 Å². The first-order valence-corrected chi connectivity index (χ1v) is 9.18. The lowest BCUT2D eigenvalue weighted by molar-refractivity contribution is -0.117. The van der Waals surface area contributed by atoms with E-state index in [1.54, 1.807) is 0 Å². The van der Waals surface area contributed by atoms with Gasteiger partial charge in [0.25, 0.3) is 0 Å². The van der Waals surface area contributed by atoms with Crippen molar-refractivity contribution >= 4 is 17.5 Å². The number of amides is 1. The van der Waals surface area contributed by atoms with E-state index < -0.39 is 4.87 Å². The largest absolute Gasteiger partial charge is 0.370 e. The molecule has 0 spiro atoms. The predicted molar refractivity (Wildman–Crippen MR) is 95.3 cm³/mol. The average Bonchev–Trinajstić information content (AvgIpc) is 2.71. The van der Waals surface area contributed by atoms with Gasteiger partial charge in [-0.1, -0.05) is 37.8 Å². The second kappa shape index (κ2) is 6.72. The summed E-state index contributed by atoms with van der Waals surface area (Å²) in [7, 11) is 2.02. The summed E-state index contributed by atoms with van der Waals surface area (Å²) >= 11 is 6.66. The van der Waals surface area contributed by atoms with E-state index in [-0.39, 0.29) is 5.91 Å². The molecule has 3 nitrogen and oxygen atoms in total. The van der Waals surface area contributed by atoms with Gasteiger partial charge in [-0.2, -0.15) is 0 Å². The molecule has 0 radical (unpaired) electrons. The lowest BCUT2D eigenvalue weighted by atomic mass is 9.90. The SMILES string of the molecule is CN1CC(C(=O)NCC2CCCCCC2)=C2C1=CC=CC2(C)Cl. The van der Waals surface area contributed by atoms with E-state index in [1.807, 2.05) is 32.2 Å². The van der Waals surface area contributed by atoms with Gasteiger partial charge in [-0.25, -0.2) is 0 Å². The number of fused-ring (bicyclic) bond motifs is 1. The van der Waals surface area contributed by atoms with Gasteiger partial charge < -0.3 is 10.2 Å². The molecule has 3 aliphatic rings. The highest BCUT2D eigenvalue weighted by Gasteiger charge is 2.39. The highest BCUT2D eigenvalue weighted by atomic mass is 35.5. The fourth-order valence-electron chi connectivity index (χ4n) is 4.00. The Bertz CT molecular complexity index is 566. The maximum Gasteiger partial charge on any atom is 0.249 e. The van der Waals surface area contributed by atoms with Crippen molar-refractivity contribution in [2.24, 2.45) is 5.92 Å². The van der Waals surface area contributed by atoms with Crippen LogP contribution in [-0.2, 0) is 4.79 Å². The first-order chi connectivity index (χ1) is 11.0. The van der Waals surface area contributed by atoms with Gasteiger partial charge in [-0.3, -0.25) is 4.79 Å². The number of hydrogen-bond acceptors (Lipinski definition) is 2. The number of halogens is 1.